The van der Waals surface area contributed by atoms with Crippen molar-refractivity contribution in [1.82, 2.24) is 10.3 Å². The molecule has 3 aromatic rings. The summed E-state index contributed by atoms with van der Waals surface area (Å²) in [6.45, 7) is 2.84. The number of hydrogen-bond donors (Lipinski definition) is 1. The number of aromatic nitrogens is 1. The molecule has 0 saturated heterocycles. The molecule has 0 spiro atoms. The minimum Gasteiger partial charge on any atom is -0.489 e. The summed E-state index contributed by atoms with van der Waals surface area (Å²) in [6, 6.07) is 19.0. The Morgan fingerprint density at radius 3 is 2.74 bits per heavy atom. The van der Waals surface area contributed by atoms with Crippen molar-refractivity contribution in [2.24, 2.45) is 0 Å². The van der Waals surface area contributed by atoms with Crippen LogP contribution in [0.25, 0.3) is 0 Å². The number of nitrogens with zero attached hydrogens (tertiary/aromatic N) is 1. The smallest absolute Gasteiger partial charge is 0.251 e. The molecule has 0 fully saturated rings. The third kappa shape index (κ3) is 5.07. The van der Waals surface area contributed by atoms with E-state index in [0.717, 1.165) is 11.1 Å². The van der Waals surface area contributed by atoms with E-state index in [1.807, 2.05) is 49.4 Å². The molecule has 27 heavy (non-hydrogen) atoms. The molecular formula is C22H22N2O3. The number of ether oxygens (including phenoxy) is 2. The molecule has 0 unspecified atom stereocenters. The van der Waals surface area contributed by atoms with Crippen LogP contribution in [0.4, 0.5) is 0 Å². The molecule has 5 nitrogen and oxygen atoms in total. The fourth-order valence-corrected chi connectivity index (χ4v) is 2.72. The van der Waals surface area contributed by atoms with Crippen molar-refractivity contribution < 1.29 is 14.3 Å². The van der Waals surface area contributed by atoms with Crippen molar-refractivity contribution >= 4 is 5.91 Å². The van der Waals surface area contributed by atoms with Crippen molar-refractivity contribution in [2.75, 3.05) is 7.11 Å². The molecule has 1 heterocycles. The van der Waals surface area contributed by atoms with Crippen molar-refractivity contribution in [2.45, 2.75) is 20.1 Å². The van der Waals surface area contributed by atoms with Crippen molar-refractivity contribution in [1.29, 1.82) is 0 Å². The molecule has 1 amide bonds. The summed E-state index contributed by atoms with van der Waals surface area (Å²) < 4.78 is 11.0. The lowest BCUT2D eigenvalue weighted by Gasteiger charge is -2.10. The molecule has 0 saturated carbocycles. The number of amides is 1. The lowest BCUT2D eigenvalue weighted by atomic mass is 10.1. The van der Waals surface area contributed by atoms with Crippen LogP contribution in [0.3, 0.4) is 0 Å². The molecule has 1 N–H and O–H groups in total. The summed E-state index contributed by atoms with van der Waals surface area (Å²) in [5, 5.41) is 2.88. The van der Waals surface area contributed by atoms with Gasteiger partial charge in [0.05, 0.1) is 7.11 Å². The third-order valence-electron chi connectivity index (χ3n) is 4.07. The lowest BCUT2D eigenvalue weighted by Crippen LogP contribution is -2.23. The summed E-state index contributed by atoms with van der Waals surface area (Å²) in [5.74, 6) is 0.984. The normalized spacial score (nSPS) is 10.3. The lowest BCUT2D eigenvalue weighted by molar-refractivity contribution is 0.0950. The third-order valence-corrected chi connectivity index (χ3v) is 4.07. The first-order valence-electron chi connectivity index (χ1n) is 8.70. The summed E-state index contributed by atoms with van der Waals surface area (Å²) in [4.78, 5) is 16.6. The van der Waals surface area contributed by atoms with Crippen molar-refractivity contribution in [3.63, 3.8) is 0 Å². The maximum atomic E-state index is 12.5. The molecule has 0 bridgehead atoms. The zero-order valence-corrected chi connectivity index (χ0v) is 15.4. The maximum Gasteiger partial charge on any atom is 0.251 e. The van der Waals surface area contributed by atoms with Gasteiger partial charge in [-0.2, -0.15) is 0 Å². The maximum absolute atomic E-state index is 12.5. The number of carbonyl (C=O) groups excluding carboxylic acids is 1. The zero-order valence-electron chi connectivity index (χ0n) is 15.4. The first-order chi connectivity index (χ1) is 13.2. The minimum atomic E-state index is -0.179. The molecule has 0 atom stereocenters. The number of benzene rings is 2. The second-order valence-corrected chi connectivity index (χ2v) is 6.16. The first-order valence-corrected chi connectivity index (χ1v) is 8.70. The van der Waals surface area contributed by atoms with Gasteiger partial charge in [-0.25, -0.2) is 4.98 Å². The van der Waals surface area contributed by atoms with Crippen LogP contribution >= 0.6 is 0 Å². The highest BCUT2D eigenvalue weighted by Gasteiger charge is 2.09. The van der Waals surface area contributed by atoms with Crippen LogP contribution in [-0.2, 0) is 13.2 Å². The minimum absolute atomic E-state index is 0.179. The van der Waals surface area contributed by atoms with Gasteiger partial charge in [-0.05, 0) is 36.8 Å². The first kappa shape index (κ1) is 18.5. The zero-order chi connectivity index (χ0) is 19.1. The Bertz CT molecular complexity index is 925. The molecule has 0 aliphatic heterocycles. The average Bonchev–Trinajstić information content (AvgIpc) is 2.71. The van der Waals surface area contributed by atoms with Crippen LogP contribution in [0.2, 0.25) is 0 Å². The largest absolute Gasteiger partial charge is 0.489 e. The predicted octanol–water partition coefficient (Wildman–Crippen LogP) is 3.91. The van der Waals surface area contributed by atoms with Gasteiger partial charge in [-0.1, -0.05) is 42.0 Å². The van der Waals surface area contributed by atoms with Crippen LogP contribution in [0.5, 0.6) is 11.6 Å². The predicted molar refractivity (Wildman–Crippen MR) is 104 cm³/mol. The Hall–Kier alpha value is -3.34. The molecule has 0 radical (unpaired) electrons. The summed E-state index contributed by atoms with van der Waals surface area (Å²) in [7, 11) is 1.56. The van der Waals surface area contributed by atoms with Gasteiger partial charge in [0.2, 0.25) is 5.88 Å². The Morgan fingerprint density at radius 1 is 1.07 bits per heavy atom. The van der Waals surface area contributed by atoms with E-state index in [-0.39, 0.29) is 5.91 Å². The van der Waals surface area contributed by atoms with Crippen LogP contribution in [-0.4, -0.2) is 18.0 Å². The highest BCUT2D eigenvalue weighted by atomic mass is 16.5. The standard InChI is InChI=1S/C22H22N2O3/c1-16-6-3-7-17(12-16)15-27-20-10-4-8-18(13-20)21(25)24-14-19-9-5-11-23-22(19)26-2/h3-13H,14-15H2,1-2H3,(H,24,25). The van der Waals surface area contributed by atoms with E-state index < -0.39 is 0 Å². The van der Waals surface area contributed by atoms with E-state index in [4.69, 9.17) is 9.47 Å². The van der Waals surface area contributed by atoms with Crippen LogP contribution in [0.1, 0.15) is 27.0 Å². The summed E-state index contributed by atoms with van der Waals surface area (Å²) in [5.41, 5.74) is 3.64. The van der Waals surface area contributed by atoms with E-state index >= 15 is 0 Å². The number of rotatable bonds is 7. The SMILES string of the molecule is COc1ncccc1CNC(=O)c1cccc(OCc2cccc(C)c2)c1. The molecular weight excluding hydrogens is 340 g/mol. The van der Waals surface area contributed by atoms with Crippen molar-refractivity contribution in [3.8, 4) is 11.6 Å². The molecule has 3 rings (SSSR count). The van der Waals surface area contributed by atoms with Gasteiger partial charge in [0, 0.05) is 23.9 Å². The Kier molecular flexibility index (Phi) is 6.05. The monoisotopic (exact) mass is 362 g/mol. The van der Waals surface area contributed by atoms with Gasteiger partial charge in [0.15, 0.2) is 0 Å². The highest BCUT2D eigenvalue weighted by molar-refractivity contribution is 5.94. The van der Waals surface area contributed by atoms with Gasteiger partial charge in [-0.15, -0.1) is 0 Å². The van der Waals surface area contributed by atoms with Crippen LogP contribution in [0.15, 0.2) is 66.9 Å². The molecule has 0 aliphatic carbocycles. The van der Waals surface area contributed by atoms with Gasteiger partial charge in [0.25, 0.3) is 5.91 Å². The van der Waals surface area contributed by atoms with Gasteiger partial charge in [-0.3, -0.25) is 4.79 Å². The molecule has 138 valence electrons. The van der Waals surface area contributed by atoms with Crippen molar-refractivity contribution in [3.05, 3.63) is 89.1 Å². The summed E-state index contributed by atoms with van der Waals surface area (Å²) in [6.07, 6.45) is 1.65. The van der Waals surface area contributed by atoms with E-state index in [2.05, 4.69) is 16.4 Å². The second kappa shape index (κ2) is 8.85. The fourth-order valence-electron chi connectivity index (χ4n) is 2.72. The number of nitrogens with one attached hydrogen (secondary N) is 1. The number of hydrogen-bond acceptors (Lipinski definition) is 4. The number of pyridine rings is 1. The molecule has 2 aromatic carbocycles. The topological polar surface area (TPSA) is 60.5 Å². The van der Waals surface area contributed by atoms with Gasteiger partial charge >= 0.3 is 0 Å². The fraction of sp³-hybridized carbons (Fsp3) is 0.182. The quantitative estimate of drug-likeness (QED) is 0.692. The Labute approximate surface area is 159 Å². The Balaban J connectivity index is 1.61. The highest BCUT2D eigenvalue weighted by Crippen LogP contribution is 2.17. The van der Waals surface area contributed by atoms with E-state index in [1.165, 1.54) is 5.56 Å². The van der Waals surface area contributed by atoms with Crippen LogP contribution < -0.4 is 14.8 Å². The number of methoxy groups -OCH3 is 1. The molecule has 0 aliphatic rings. The second-order valence-electron chi connectivity index (χ2n) is 6.16. The van der Waals surface area contributed by atoms with Gasteiger partial charge in [0.1, 0.15) is 12.4 Å². The Morgan fingerprint density at radius 2 is 1.93 bits per heavy atom. The van der Waals surface area contributed by atoms with E-state index in [0.29, 0.717) is 30.3 Å². The van der Waals surface area contributed by atoms with Gasteiger partial charge < -0.3 is 14.8 Å². The van der Waals surface area contributed by atoms with E-state index in [9.17, 15) is 4.79 Å². The van der Waals surface area contributed by atoms with E-state index in [1.54, 1.807) is 25.4 Å². The molecule has 1 aromatic heterocycles. The summed E-state index contributed by atoms with van der Waals surface area (Å²) >= 11 is 0. The molecule has 5 heteroatoms. The number of aryl methyl sites for hydroxylation is 1. The average molecular weight is 362 g/mol. The van der Waals surface area contributed by atoms with Crippen LogP contribution in [0, 0.1) is 6.92 Å². The number of carbonyl (C=O) groups is 1.